The molecule has 1 atom stereocenters. The van der Waals surface area contributed by atoms with E-state index in [-0.39, 0.29) is 5.12 Å². The zero-order valence-electron chi connectivity index (χ0n) is 8.74. The number of thioether (sulfide) groups is 1. The number of carbonyl (C=O) groups is 1. The zero-order chi connectivity index (χ0) is 10.8. The highest BCUT2D eigenvalue weighted by atomic mass is 32.2. The molecule has 3 nitrogen and oxygen atoms in total. The Kier molecular flexibility index (Phi) is 9.45. The van der Waals surface area contributed by atoms with Crippen LogP contribution in [0, 0.1) is 0 Å². The smallest absolute Gasteiger partial charge is 0.219 e. The zero-order valence-corrected chi connectivity index (χ0v) is 9.55. The fraction of sp³-hybridized carbons (Fsp3) is 0.900. The van der Waals surface area contributed by atoms with Gasteiger partial charge in [0, 0.05) is 5.75 Å². The van der Waals surface area contributed by atoms with Gasteiger partial charge in [0.1, 0.15) is 6.10 Å². The van der Waals surface area contributed by atoms with Crippen LogP contribution >= 0.6 is 11.8 Å². The summed E-state index contributed by atoms with van der Waals surface area (Å²) in [6, 6.07) is 0. The Morgan fingerprint density at radius 1 is 1.29 bits per heavy atom. The first-order valence-corrected chi connectivity index (χ1v) is 6.16. The lowest BCUT2D eigenvalue weighted by atomic mass is 10.2. The number of carbonyl (C=O) groups excluding carboxylic acids is 1. The van der Waals surface area contributed by atoms with Gasteiger partial charge in [0.15, 0.2) is 0 Å². The van der Waals surface area contributed by atoms with Gasteiger partial charge in [-0.25, -0.2) is 0 Å². The van der Waals surface area contributed by atoms with Crippen LogP contribution in [0.15, 0.2) is 0 Å². The summed E-state index contributed by atoms with van der Waals surface area (Å²) >= 11 is 1.12. The van der Waals surface area contributed by atoms with E-state index in [0.29, 0.717) is 0 Å². The third kappa shape index (κ3) is 7.35. The fourth-order valence-electron chi connectivity index (χ4n) is 1.05. The molecule has 0 rings (SSSR count). The lowest BCUT2D eigenvalue weighted by Gasteiger charge is -2.04. The summed E-state index contributed by atoms with van der Waals surface area (Å²) in [6.45, 7) is 1.69. The van der Waals surface area contributed by atoms with E-state index >= 15 is 0 Å². The number of unbranched alkanes of at least 4 members (excludes halogenated alkanes) is 4. The van der Waals surface area contributed by atoms with Crippen LogP contribution in [0.25, 0.3) is 0 Å². The maximum atomic E-state index is 11.0. The van der Waals surface area contributed by atoms with E-state index in [9.17, 15) is 4.79 Å². The standard InChI is InChI=1S/C10H20O3S/c1-2-3-4-5-6-7-14-10(13)9(12)8-11/h9,11-12H,2-8H2,1H3/t9-/m1/s1. The van der Waals surface area contributed by atoms with Gasteiger partial charge in [0.2, 0.25) is 5.12 Å². The van der Waals surface area contributed by atoms with Crippen molar-refractivity contribution in [2.45, 2.75) is 45.1 Å². The topological polar surface area (TPSA) is 57.5 Å². The average Bonchev–Trinajstić information content (AvgIpc) is 2.21. The molecule has 0 aliphatic heterocycles. The molecule has 4 heteroatoms. The summed E-state index contributed by atoms with van der Waals surface area (Å²) in [5.41, 5.74) is 0. The molecular weight excluding hydrogens is 200 g/mol. The third-order valence-electron chi connectivity index (χ3n) is 1.94. The number of hydrogen-bond acceptors (Lipinski definition) is 4. The Balaban J connectivity index is 3.23. The minimum atomic E-state index is -1.20. The van der Waals surface area contributed by atoms with Crippen molar-refractivity contribution in [1.82, 2.24) is 0 Å². The average molecular weight is 220 g/mol. The van der Waals surface area contributed by atoms with Gasteiger partial charge in [-0.1, -0.05) is 44.4 Å². The highest BCUT2D eigenvalue weighted by Gasteiger charge is 2.13. The number of hydrogen-bond donors (Lipinski definition) is 2. The highest BCUT2D eigenvalue weighted by Crippen LogP contribution is 2.11. The van der Waals surface area contributed by atoms with E-state index in [1.54, 1.807) is 0 Å². The number of aliphatic hydroxyl groups is 2. The van der Waals surface area contributed by atoms with Gasteiger partial charge in [0.05, 0.1) is 6.61 Å². The fourth-order valence-corrected chi connectivity index (χ4v) is 1.87. The highest BCUT2D eigenvalue weighted by molar-refractivity contribution is 8.13. The van der Waals surface area contributed by atoms with E-state index in [1.165, 1.54) is 19.3 Å². The van der Waals surface area contributed by atoms with Crippen molar-refractivity contribution in [2.75, 3.05) is 12.4 Å². The van der Waals surface area contributed by atoms with Gasteiger partial charge >= 0.3 is 0 Å². The first-order valence-electron chi connectivity index (χ1n) is 5.18. The quantitative estimate of drug-likeness (QED) is 0.610. The molecule has 0 radical (unpaired) electrons. The maximum Gasteiger partial charge on any atom is 0.219 e. The van der Waals surface area contributed by atoms with E-state index in [2.05, 4.69) is 6.92 Å². The van der Waals surface area contributed by atoms with Crippen molar-refractivity contribution in [3.05, 3.63) is 0 Å². The molecule has 0 saturated heterocycles. The Morgan fingerprint density at radius 2 is 1.93 bits per heavy atom. The molecule has 0 bridgehead atoms. The number of aliphatic hydroxyl groups excluding tert-OH is 2. The Bertz CT molecular complexity index is 150. The lowest BCUT2D eigenvalue weighted by molar-refractivity contribution is -0.119. The molecule has 0 amide bonds. The van der Waals surface area contributed by atoms with E-state index in [1.807, 2.05) is 0 Å². The summed E-state index contributed by atoms with van der Waals surface area (Å²) < 4.78 is 0. The van der Waals surface area contributed by atoms with Crippen molar-refractivity contribution in [3.63, 3.8) is 0 Å². The predicted octanol–water partition coefficient (Wildman–Crippen LogP) is 1.57. The molecular formula is C10H20O3S. The van der Waals surface area contributed by atoms with Crippen LogP contribution < -0.4 is 0 Å². The SMILES string of the molecule is CCCCCCCSC(=O)[C@H](O)CO. The van der Waals surface area contributed by atoms with Crippen molar-refractivity contribution in [2.24, 2.45) is 0 Å². The molecule has 0 aliphatic rings. The van der Waals surface area contributed by atoms with Crippen LogP contribution in [0.4, 0.5) is 0 Å². The summed E-state index contributed by atoms with van der Waals surface area (Å²) in [6.07, 6.45) is 4.63. The minimum Gasteiger partial charge on any atom is -0.393 e. The Hall–Kier alpha value is -0.0600. The van der Waals surface area contributed by atoms with Crippen LogP contribution in [0.1, 0.15) is 39.0 Å². The number of rotatable bonds is 8. The van der Waals surface area contributed by atoms with Crippen LogP contribution in [0.5, 0.6) is 0 Å². The molecule has 14 heavy (non-hydrogen) atoms. The molecule has 0 aromatic rings. The first-order chi connectivity index (χ1) is 6.72. The second-order valence-corrected chi connectivity index (χ2v) is 4.38. The molecule has 2 N–H and O–H groups in total. The van der Waals surface area contributed by atoms with Crippen LogP contribution in [-0.4, -0.2) is 33.8 Å². The normalized spacial score (nSPS) is 12.8. The Morgan fingerprint density at radius 3 is 2.50 bits per heavy atom. The van der Waals surface area contributed by atoms with Crippen molar-refractivity contribution in [3.8, 4) is 0 Å². The summed E-state index contributed by atoms with van der Waals surface area (Å²) in [7, 11) is 0. The lowest BCUT2D eigenvalue weighted by Crippen LogP contribution is -2.21. The van der Waals surface area contributed by atoms with Gasteiger partial charge in [0.25, 0.3) is 0 Å². The summed E-state index contributed by atoms with van der Waals surface area (Å²) in [5, 5.41) is 17.1. The molecule has 0 fully saturated rings. The van der Waals surface area contributed by atoms with Crippen molar-refractivity contribution in [1.29, 1.82) is 0 Å². The summed E-state index contributed by atoms with van der Waals surface area (Å²) in [4.78, 5) is 11.0. The molecule has 0 unspecified atom stereocenters. The predicted molar refractivity (Wildman–Crippen MR) is 59.3 cm³/mol. The summed E-state index contributed by atoms with van der Waals surface area (Å²) in [5.74, 6) is 0.750. The van der Waals surface area contributed by atoms with Gasteiger partial charge in [-0.15, -0.1) is 0 Å². The largest absolute Gasteiger partial charge is 0.393 e. The van der Waals surface area contributed by atoms with Gasteiger partial charge in [-0.05, 0) is 6.42 Å². The van der Waals surface area contributed by atoms with Crippen LogP contribution in [0.3, 0.4) is 0 Å². The van der Waals surface area contributed by atoms with E-state index in [0.717, 1.165) is 30.4 Å². The van der Waals surface area contributed by atoms with Crippen molar-refractivity contribution < 1.29 is 15.0 Å². The van der Waals surface area contributed by atoms with E-state index < -0.39 is 12.7 Å². The molecule has 0 heterocycles. The molecule has 0 saturated carbocycles. The molecule has 0 aromatic carbocycles. The van der Waals surface area contributed by atoms with Gasteiger partial charge in [-0.2, -0.15) is 0 Å². The van der Waals surface area contributed by atoms with Crippen LogP contribution in [0.2, 0.25) is 0 Å². The van der Waals surface area contributed by atoms with E-state index in [4.69, 9.17) is 10.2 Å². The van der Waals surface area contributed by atoms with Gasteiger partial charge < -0.3 is 10.2 Å². The second-order valence-electron chi connectivity index (χ2n) is 3.28. The van der Waals surface area contributed by atoms with Gasteiger partial charge in [-0.3, -0.25) is 4.79 Å². The monoisotopic (exact) mass is 220 g/mol. The second kappa shape index (κ2) is 9.49. The Labute approximate surface area is 89.9 Å². The van der Waals surface area contributed by atoms with Crippen LogP contribution in [-0.2, 0) is 4.79 Å². The first kappa shape index (κ1) is 13.9. The third-order valence-corrected chi connectivity index (χ3v) is 2.99. The molecule has 84 valence electrons. The van der Waals surface area contributed by atoms with Crippen molar-refractivity contribution >= 4 is 16.9 Å². The molecule has 0 aliphatic carbocycles. The maximum absolute atomic E-state index is 11.0. The minimum absolute atomic E-state index is 0.317. The molecule has 0 spiro atoms. The molecule has 0 aromatic heterocycles.